The van der Waals surface area contributed by atoms with Gasteiger partial charge < -0.3 is 4.74 Å². The molecule has 4 nitrogen and oxygen atoms in total. The van der Waals surface area contributed by atoms with Gasteiger partial charge in [-0.15, -0.1) is 0 Å². The van der Waals surface area contributed by atoms with Crippen LogP contribution in [0.2, 0.25) is 5.02 Å². The van der Waals surface area contributed by atoms with Crippen molar-refractivity contribution in [3.63, 3.8) is 0 Å². The number of aromatic nitrogens is 2. The lowest BCUT2D eigenvalue weighted by atomic mass is 10.3. The highest BCUT2D eigenvalue weighted by atomic mass is 35.5. The fourth-order valence-corrected chi connectivity index (χ4v) is 1.51. The highest BCUT2D eigenvalue weighted by molar-refractivity contribution is 6.30. The number of rotatable bonds is 3. The molecule has 1 heterocycles. The predicted molar refractivity (Wildman–Crippen MR) is 64.5 cm³/mol. The Morgan fingerprint density at radius 1 is 1.41 bits per heavy atom. The quantitative estimate of drug-likeness (QED) is 0.841. The maximum absolute atomic E-state index is 11.7. The summed E-state index contributed by atoms with van der Waals surface area (Å²) in [6.07, 6.45) is 3.19. The van der Waals surface area contributed by atoms with E-state index in [1.807, 2.05) is 0 Å². The molecule has 0 amide bonds. The number of carbonyl (C=O) groups excluding carboxylic acids is 1. The van der Waals surface area contributed by atoms with Crippen molar-refractivity contribution in [3.05, 3.63) is 47.5 Å². The van der Waals surface area contributed by atoms with E-state index in [2.05, 4.69) is 4.98 Å². The zero-order valence-electron chi connectivity index (χ0n) is 9.26. The molecule has 0 aliphatic rings. The second-order valence-electron chi connectivity index (χ2n) is 3.48. The summed E-state index contributed by atoms with van der Waals surface area (Å²) in [6.45, 7) is 1.74. The largest absolute Gasteiger partial charge is 0.484 e. The van der Waals surface area contributed by atoms with Crippen LogP contribution in [0.3, 0.4) is 0 Å². The van der Waals surface area contributed by atoms with Gasteiger partial charge in [-0.3, -0.25) is 9.36 Å². The van der Waals surface area contributed by atoms with Gasteiger partial charge in [-0.1, -0.05) is 11.6 Å². The number of carbonyl (C=O) groups is 1. The number of nitrogens with zero attached hydrogens (tertiary/aromatic N) is 2. The molecule has 0 saturated heterocycles. The Labute approximate surface area is 104 Å². The van der Waals surface area contributed by atoms with Crippen LogP contribution < -0.4 is 4.74 Å². The lowest BCUT2D eigenvalue weighted by molar-refractivity contribution is 0.0835. The van der Waals surface area contributed by atoms with Gasteiger partial charge in [0.25, 0.3) is 5.91 Å². The van der Waals surface area contributed by atoms with Crippen LogP contribution >= 0.6 is 11.6 Å². The highest BCUT2D eigenvalue weighted by Crippen LogP contribution is 2.15. The van der Waals surface area contributed by atoms with E-state index in [-0.39, 0.29) is 12.5 Å². The number of ether oxygens (including phenoxy) is 1. The van der Waals surface area contributed by atoms with Gasteiger partial charge in [-0.05, 0) is 31.2 Å². The third kappa shape index (κ3) is 2.85. The van der Waals surface area contributed by atoms with Crippen molar-refractivity contribution < 1.29 is 9.53 Å². The van der Waals surface area contributed by atoms with E-state index in [0.717, 1.165) is 0 Å². The monoisotopic (exact) mass is 250 g/mol. The molecule has 88 valence electrons. The number of halogens is 1. The maximum Gasteiger partial charge on any atom is 0.269 e. The van der Waals surface area contributed by atoms with Crippen molar-refractivity contribution in [2.45, 2.75) is 6.92 Å². The van der Waals surface area contributed by atoms with Crippen molar-refractivity contribution in [1.29, 1.82) is 0 Å². The molecule has 0 atom stereocenters. The number of imidazole rings is 1. The number of hydrogen-bond acceptors (Lipinski definition) is 3. The maximum atomic E-state index is 11.7. The molecule has 2 aromatic rings. The molecule has 0 saturated carbocycles. The minimum Gasteiger partial charge on any atom is -0.484 e. The standard InChI is InChI=1S/C12H11ClN2O2/c1-9-14-6-7-15(9)12(16)8-17-11-4-2-10(13)3-5-11/h2-7H,8H2,1H3. The molecule has 0 bridgehead atoms. The Morgan fingerprint density at radius 2 is 2.12 bits per heavy atom. The molecule has 0 radical (unpaired) electrons. The average molecular weight is 251 g/mol. The third-order valence-corrected chi connectivity index (χ3v) is 2.52. The summed E-state index contributed by atoms with van der Waals surface area (Å²) in [4.78, 5) is 15.7. The summed E-state index contributed by atoms with van der Waals surface area (Å²) in [6, 6.07) is 6.86. The molecular formula is C12H11ClN2O2. The van der Waals surface area contributed by atoms with Gasteiger partial charge >= 0.3 is 0 Å². The van der Waals surface area contributed by atoms with E-state index in [1.54, 1.807) is 43.6 Å². The molecule has 0 aliphatic heterocycles. The van der Waals surface area contributed by atoms with Crippen molar-refractivity contribution in [3.8, 4) is 5.75 Å². The second kappa shape index (κ2) is 5.01. The Morgan fingerprint density at radius 3 is 2.71 bits per heavy atom. The van der Waals surface area contributed by atoms with Crippen molar-refractivity contribution in [2.75, 3.05) is 6.61 Å². The fraction of sp³-hybridized carbons (Fsp3) is 0.167. The normalized spacial score (nSPS) is 10.2. The zero-order chi connectivity index (χ0) is 12.3. The fourth-order valence-electron chi connectivity index (χ4n) is 1.39. The Bertz CT molecular complexity index is 520. The van der Waals surface area contributed by atoms with Crippen molar-refractivity contribution in [2.24, 2.45) is 0 Å². The van der Waals surface area contributed by atoms with Gasteiger partial charge in [0.2, 0.25) is 0 Å². The summed E-state index contributed by atoms with van der Waals surface area (Å²) >= 11 is 5.74. The third-order valence-electron chi connectivity index (χ3n) is 2.27. The molecule has 0 N–H and O–H groups in total. The lowest BCUT2D eigenvalue weighted by Gasteiger charge is -2.06. The van der Waals surface area contributed by atoms with Gasteiger partial charge in [-0.2, -0.15) is 0 Å². The van der Waals surface area contributed by atoms with Gasteiger partial charge in [0.1, 0.15) is 11.6 Å². The summed E-state index contributed by atoms with van der Waals surface area (Å²) in [7, 11) is 0. The summed E-state index contributed by atoms with van der Waals surface area (Å²) in [5.41, 5.74) is 0. The first-order chi connectivity index (χ1) is 8.16. The SMILES string of the molecule is Cc1nccn1C(=O)COc1ccc(Cl)cc1. The number of aryl methyl sites for hydroxylation is 1. The first-order valence-electron chi connectivity index (χ1n) is 5.08. The van der Waals surface area contributed by atoms with Crippen LogP contribution in [0.25, 0.3) is 0 Å². The van der Waals surface area contributed by atoms with Gasteiger partial charge in [0.15, 0.2) is 6.61 Å². The van der Waals surface area contributed by atoms with Crippen LogP contribution in [0, 0.1) is 6.92 Å². The lowest BCUT2D eigenvalue weighted by Crippen LogP contribution is -2.19. The smallest absolute Gasteiger partial charge is 0.269 e. The van der Waals surface area contributed by atoms with E-state index in [1.165, 1.54) is 4.57 Å². The van der Waals surface area contributed by atoms with E-state index < -0.39 is 0 Å². The van der Waals surface area contributed by atoms with E-state index in [9.17, 15) is 4.79 Å². The van der Waals surface area contributed by atoms with Crippen LogP contribution in [0.1, 0.15) is 10.6 Å². The molecule has 1 aromatic carbocycles. The van der Waals surface area contributed by atoms with Crippen LogP contribution in [-0.4, -0.2) is 22.1 Å². The molecule has 0 unspecified atom stereocenters. The highest BCUT2D eigenvalue weighted by Gasteiger charge is 2.08. The van der Waals surface area contributed by atoms with E-state index in [4.69, 9.17) is 16.3 Å². The molecule has 0 aliphatic carbocycles. The Hall–Kier alpha value is -1.81. The zero-order valence-corrected chi connectivity index (χ0v) is 10.0. The number of benzene rings is 1. The minimum atomic E-state index is -0.157. The van der Waals surface area contributed by atoms with E-state index in [0.29, 0.717) is 16.6 Å². The minimum absolute atomic E-state index is 0.0289. The van der Waals surface area contributed by atoms with Gasteiger partial charge in [0.05, 0.1) is 0 Å². The first kappa shape index (κ1) is 11.7. The summed E-state index contributed by atoms with van der Waals surface area (Å²) in [5, 5.41) is 0.633. The Balaban J connectivity index is 1.97. The molecule has 5 heteroatoms. The topological polar surface area (TPSA) is 44.1 Å². The first-order valence-corrected chi connectivity index (χ1v) is 5.46. The molecular weight excluding hydrogens is 240 g/mol. The molecule has 0 fully saturated rings. The molecule has 17 heavy (non-hydrogen) atoms. The van der Waals surface area contributed by atoms with Crippen LogP contribution in [-0.2, 0) is 0 Å². The summed E-state index contributed by atoms with van der Waals surface area (Å²) in [5.74, 6) is 1.10. The second-order valence-corrected chi connectivity index (χ2v) is 3.92. The van der Waals surface area contributed by atoms with Crippen LogP contribution in [0.4, 0.5) is 0 Å². The molecule has 1 aromatic heterocycles. The Kier molecular flexibility index (Phi) is 3.44. The van der Waals surface area contributed by atoms with Crippen LogP contribution in [0.5, 0.6) is 5.75 Å². The van der Waals surface area contributed by atoms with Crippen LogP contribution in [0.15, 0.2) is 36.7 Å². The average Bonchev–Trinajstić information content (AvgIpc) is 2.74. The van der Waals surface area contributed by atoms with Gasteiger partial charge in [-0.25, -0.2) is 4.98 Å². The van der Waals surface area contributed by atoms with Gasteiger partial charge in [0, 0.05) is 17.4 Å². The predicted octanol–water partition coefficient (Wildman–Crippen LogP) is 2.56. The summed E-state index contributed by atoms with van der Waals surface area (Å²) < 4.78 is 6.80. The van der Waals surface area contributed by atoms with E-state index >= 15 is 0 Å². The van der Waals surface area contributed by atoms with Crippen molar-refractivity contribution in [1.82, 2.24) is 9.55 Å². The molecule has 0 spiro atoms. The molecule has 2 rings (SSSR count). The number of hydrogen-bond donors (Lipinski definition) is 0. The van der Waals surface area contributed by atoms with Crippen molar-refractivity contribution >= 4 is 17.5 Å².